The van der Waals surface area contributed by atoms with Gasteiger partial charge in [-0.1, -0.05) is 30.3 Å². The Morgan fingerprint density at radius 1 is 0.794 bits per heavy atom. The number of aliphatic carboxylic acids is 1. The summed E-state index contributed by atoms with van der Waals surface area (Å²) in [6.07, 6.45) is 1.58. The van der Waals surface area contributed by atoms with Crippen LogP contribution in [-0.4, -0.2) is 42.1 Å². The molecular weight excluding hydrogens is 432 g/mol. The van der Waals surface area contributed by atoms with Gasteiger partial charge in [0.2, 0.25) is 0 Å². The van der Waals surface area contributed by atoms with Gasteiger partial charge >= 0.3 is 5.97 Å². The topological polar surface area (TPSA) is 105 Å². The van der Waals surface area contributed by atoms with Gasteiger partial charge in [-0.15, -0.1) is 0 Å². The van der Waals surface area contributed by atoms with Crippen LogP contribution in [0.3, 0.4) is 0 Å². The third-order valence-corrected chi connectivity index (χ3v) is 6.81. The number of carboxylic acids is 1. The van der Waals surface area contributed by atoms with E-state index in [0.717, 1.165) is 23.6 Å². The lowest BCUT2D eigenvalue weighted by atomic mass is 10.1. The summed E-state index contributed by atoms with van der Waals surface area (Å²) in [6.45, 7) is 0.631. The molecule has 2 saturated carbocycles. The van der Waals surface area contributed by atoms with Gasteiger partial charge in [0.1, 0.15) is 5.75 Å². The standard InChI is InChI=1S/C27H26N2O5/c30-25(28-11-12-29-26(31)19-6-5-16-3-1-2-4-18(16)13-19)17-7-9-20(10-8-17)34-21-14-22-23(15-21)24(22)27(32)33/h1-10,13,21-24H,11-12,14-15H2,(H,28,30)(H,29,31)(H,32,33). The molecule has 5 rings (SSSR count). The van der Waals surface area contributed by atoms with Gasteiger partial charge in [-0.2, -0.15) is 0 Å². The molecule has 0 heterocycles. The molecule has 0 radical (unpaired) electrons. The Balaban J connectivity index is 1.04. The molecule has 7 heteroatoms. The molecular formula is C27H26N2O5. The summed E-state index contributed by atoms with van der Waals surface area (Å²) in [4.78, 5) is 35.9. The van der Waals surface area contributed by atoms with Gasteiger partial charge in [-0.3, -0.25) is 14.4 Å². The van der Waals surface area contributed by atoms with Crippen molar-refractivity contribution in [2.45, 2.75) is 18.9 Å². The van der Waals surface area contributed by atoms with Crippen LogP contribution >= 0.6 is 0 Å². The van der Waals surface area contributed by atoms with Gasteiger partial charge in [-0.25, -0.2) is 0 Å². The zero-order valence-electron chi connectivity index (χ0n) is 18.6. The highest BCUT2D eigenvalue weighted by molar-refractivity contribution is 5.98. The number of hydrogen-bond acceptors (Lipinski definition) is 4. The summed E-state index contributed by atoms with van der Waals surface area (Å²) in [5, 5.41) is 16.8. The Bertz CT molecular complexity index is 1230. The van der Waals surface area contributed by atoms with Gasteiger partial charge in [0.05, 0.1) is 12.0 Å². The van der Waals surface area contributed by atoms with Crippen molar-refractivity contribution in [1.82, 2.24) is 10.6 Å². The predicted molar refractivity (Wildman–Crippen MR) is 127 cm³/mol. The van der Waals surface area contributed by atoms with Crippen LogP contribution in [0.1, 0.15) is 33.6 Å². The van der Waals surface area contributed by atoms with Crippen LogP contribution in [0.15, 0.2) is 66.7 Å². The van der Waals surface area contributed by atoms with E-state index in [9.17, 15) is 14.4 Å². The molecule has 3 aromatic carbocycles. The minimum atomic E-state index is -0.697. The molecule has 0 aliphatic heterocycles. The van der Waals surface area contributed by atoms with E-state index in [2.05, 4.69) is 10.6 Å². The Morgan fingerprint density at radius 3 is 2.03 bits per heavy atom. The second-order valence-corrected chi connectivity index (χ2v) is 9.00. The molecule has 34 heavy (non-hydrogen) atoms. The maximum atomic E-state index is 12.4. The van der Waals surface area contributed by atoms with Crippen molar-refractivity contribution in [3.05, 3.63) is 77.9 Å². The van der Waals surface area contributed by atoms with Crippen LogP contribution in [0, 0.1) is 17.8 Å². The highest BCUT2D eigenvalue weighted by Crippen LogP contribution is 2.58. The molecule has 174 valence electrons. The van der Waals surface area contributed by atoms with Crippen molar-refractivity contribution >= 4 is 28.6 Å². The van der Waals surface area contributed by atoms with E-state index in [4.69, 9.17) is 9.84 Å². The van der Waals surface area contributed by atoms with E-state index < -0.39 is 5.97 Å². The van der Waals surface area contributed by atoms with Gasteiger partial charge < -0.3 is 20.5 Å². The third kappa shape index (κ3) is 4.59. The Morgan fingerprint density at radius 2 is 1.38 bits per heavy atom. The number of carbonyl (C=O) groups excluding carboxylic acids is 2. The highest BCUT2D eigenvalue weighted by Gasteiger charge is 2.60. The number of carbonyl (C=O) groups is 3. The average molecular weight is 459 g/mol. The molecule has 7 nitrogen and oxygen atoms in total. The van der Waals surface area contributed by atoms with Crippen LogP contribution in [0.2, 0.25) is 0 Å². The van der Waals surface area contributed by atoms with E-state index in [1.165, 1.54) is 0 Å². The molecule has 2 atom stereocenters. The first-order chi connectivity index (χ1) is 16.5. The predicted octanol–water partition coefficient (Wildman–Crippen LogP) is 3.49. The highest BCUT2D eigenvalue weighted by atomic mass is 16.5. The Kier molecular flexibility index (Phi) is 5.92. The first kappa shape index (κ1) is 21.9. The van der Waals surface area contributed by atoms with E-state index in [0.29, 0.717) is 30.0 Å². The average Bonchev–Trinajstić information content (AvgIpc) is 3.37. The summed E-state index contributed by atoms with van der Waals surface area (Å²) in [5.74, 6) is -0.125. The van der Waals surface area contributed by atoms with Crippen molar-refractivity contribution in [2.24, 2.45) is 17.8 Å². The van der Waals surface area contributed by atoms with E-state index in [1.54, 1.807) is 30.3 Å². The number of nitrogens with one attached hydrogen (secondary N) is 2. The SMILES string of the molecule is O=C(NCCNC(=O)c1ccc2ccccc2c1)c1ccc(OC2CC3C(C2)C3C(=O)O)cc1. The van der Waals surface area contributed by atoms with Crippen molar-refractivity contribution in [3.8, 4) is 5.75 Å². The minimum absolute atomic E-state index is 0.0384. The van der Waals surface area contributed by atoms with Crippen molar-refractivity contribution < 1.29 is 24.2 Å². The Labute approximate surface area is 197 Å². The number of benzene rings is 3. The summed E-state index contributed by atoms with van der Waals surface area (Å²) in [7, 11) is 0. The van der Waals surface area contributed by atoms with Gasteiger partial charge in [0.25, 0.3) is 11.8 Å². The fourth-order valence-corrected chi connectivity index (χ4v) is 5.02. The van der Waals surface area contributed by atoms with Crippen molar-refractivity contribution in [1.29, 1.82) is 0 Å². The minimum Gasteiger partial charge on any atom is -0.490 e. The van der Waals surface area contributed by atoms with E-state index in [-0.39, 0.29) is 35.7 Å². The number of amides is 2. The molecule has 2 unspecified atom stereocenters. The molecule has 2 aliphatic carbocycles. The van der Waals surface area contributed by atoms with Gasteiger partial charge in [-0.05, 0) is 71.8 Å². The largest absolute Gasteiger partial charge is 0.490 e. The molecule has 2 aliphatic rings. The van der Waals surface area contributed by atoms with Crippen LogP contribution in [0.4, 0.5) is 0 Å². The van der Waals surface area contributed by atoms with E-state index >= 15 is 0 Å². The molecule has 0 aromatic heterocycles. The van der Waals surface area contributed by atoms with Gasteiger partial charge in [0.15, 0.2) is 0 Å². The monoisotopic (exact) mass is 458 g/mol. The summed E-state index contributed by atoms with van der Waals surface area (Å²) in [5.41, 5.74) is 1.09. The molecule has 2 amide bonds. The lowest BCUT2D eigenvalue weighted by Crippen LogP contribution is -2.34. The summed E-state index contributed by atoms with van der Waals surface area (Å²) >= 11 is 0. The maximum absolute atomic E-state index is 12.4. The lowest BCUT2D eigenvalue weighted by molar-refractivity contribution is -0.139. The normalized spacial score (nSPS) is 22.6. The molecule has 0 spiro atoms. The summed E-state index contributed by atoms with van der Waals surface area (Å²) < 4.78 is 5.96. The zero-order valence-corrected chi connectivity index (χ0v) is 18.6. The van der Waals surface area contributed by atoms with Crippen LogP contribution in [0.5, 0.6) is 5.75 Å². The second-order valence-electron chi connectivity index (χ2n) is 9.00. The first-order valence-electron chi connectivity index (χ1n) is 11.5. The number of rotatable bonds is 8. The van der Waals surface area contributed by atoms with Crippen molar-refractivity contribution in [3.63, 3.8) is 0 Å². The molecule has 3 N–H and O–H groups in total. The van der Waals surface area contributed by atoms with Crippen LogP contribution in [0.25, 0.3) is 10.8 Å². The number of hydrogen-bond donors (Lipinski definition) is 3. The summed E-state index contributed by atoms with van der Waals surface area (Å²) in [6, 6.07) is 20.3. The molecule has 3 aromatic rings. The first-order valence-corrected chi connectivity index (χ1v) is 11.5. The van der Waals surface area contributed by atoms with Gasteiger partial charge in [0, 0.05) is 24.2 Å². The smallest absolute Gasteiger partial charge is 0.307 e. The Hall–Kier alpha value is -3.87. The van der Waals surface area contributed by atoms with E-state index in [1.807, 2.05) is 36.4 Å². The number of ether oxygens (including phenoxy) is 1. The lowest BCUT2D eigenvalue weighted by Gasteiger charge is -2.16. The van der Waals surface area contributed by atoms with Crippen molar-refractivity contribution in [2.75, 3.05) is 13.1 Å². The zero-order chi connectivity index (χ0) is 23.7. The molecule has 2 fully saturated rings. The van der Waals surface area contributed by atoms with Crippen LogP contribution in [-0.2, 0) is 4.79 Å². The molecule has 0 saturated heterocycles. The fourth-order valence-electron chi connectivity index (χ4n) is 5.02. The third-order valence-electron chi connectivity index (χ3n) is 6.81. The quantitative estimate of drug-likeness (QED) is 0.448. The molecule has 0 bridgehead atoms. The fraction of sp³-hybridized carbons (Fsp3) is 0.296. The number of fused-ring (bicyclic) bond motifs is 2. The number of carboxylic acid groups (broad SMARTS) is 1. The second kappa shape index (κ2) is 9.17. The maximum Gasteiger partial charge on any atom is 0.307 e. The van der Waals surface area contributed by atoms with Crippen LogP contribution < -0.4 is 15.4 Å².